The summed E-state index contributed by atoms with van der Waals surface area (Å²) in [6.07, 6.45) is 8.98. The van der Waals surface area contributed by atoms with Gasteiger partial charge in [-0.3, -0.25) is 14.5 Å². The highest BCUT2D eigenvalue weighted by atomic mass is 19.3. The lowest BCUT2D eigenvalue weighted by molar-refractivity contribution is -0.125. The highest BCUT2D eigenvalue weighted by molar-refractivity contribution is 5.93. The molecule has 6 nitrogen and oxygen atoms in total. The predicted molar refractivity (Wildman–Crippen MR) is 119 cm³/mol. The molecule has 1 amide bonds. The van der Waals surface area contributed by atoms with E-state index in [-0.39, 0.29) is 31.0 Å². The molecule has 2 N–H and O–H groups in total. The van der Waals surface area contributed by atoms with Gasteiger partial charge < -0.3 is 10.3 Å². The number of pyridine rings is 2. The quantitative estimate of drug-likeness (QED) is 0.722. The molecule has 1 saturated carbocycles. The smallest absolute Gasteiger partial charge is 0.257 e. The first-order valence-electron chi connectivity index (χ1n) is 11.4. The van der Waals surface area contributed by atoms with Crippen molar-refractivity contribution in [1.82, 2.24) is 14.9 Å². The lowest BCUT2D eigenvalue weighted by Gasteiger charge is -2.40. The third-order valence-electron chi connectivity index (χ3n) is 6.91. The van der Waals surface area contributed by atoms with Crippen LogP contribution in [-0.2, 0) is 4.79 Å². The monoisotopic (exact) mass is 444 g/mol. The molecule has 0 radical (unpaired) electrons. The average Bonchev–Trinajstić information content (AvgIpc) is 2.80. The number of amides is 1. The molecule has 1 aliphatic carbocycles. The second kappa shape index (κ2) is 9.48. The molecule has 8 heteroatoms. The van der Waals surface area contributed by atoms with Crippen LogP contribution in [0.25, 0.3) is 0 Å². The highest BCUT2D eigenvalue weighted by Crippen LogP contribution is 2.40. The van der Waals surface area contributed by atoms with E-state index in [4.69, 9.17) is 0 Å². The highest BCUT2D eigenvalue weighted by Gasteiger charge is 2.46. The first-order valence-corrected chi connectivity index (χ1v) is 11.4. The Morgan fingerprint density at radius 2 is 1.94 bits per heavy atom. The molecule has 2 fully saturated rings. The van der Waals surface area contributed by atoms with Crippen molar-refractivity contribution in [3.63, 3.8) is 0 Å². The van der Waals surface area contributed by atoms with Gasteiger partial charge in [-0.1, -0.05) is 31.4 Å². The number of alkyl halides is 2. The van der Waals surface area contributed by atoms with E-state index in [0.717, 1.165) is 0 Å². The number of halogens is 2. The third-order valence-corrected chi connectivity index (χ3v) is 6.91. The van der Waals surface area contributed by atoms with E-state index in [2.05, 4.69) is 15.3 Å². The summed E-state index contributed by atoms with van der Waals surface area (Å²) in [5.74, 6) is -3.24. The molecule has 0 bridgehead atoms. The van der Waals surface area contributed by atoms with Crippen LogP contribution in [0.1, 0.15) is 68.4 Å². The van der Waals surface area contributed by atoms with E-state index in [1.807, 2.05) is 18.3 Å². The van der Waals surface area contributed by atoms with Gasteiger partial charge in [0.05, 0.1) is 12.0 Å². The van der Waals surface area contributed by atoms with Gasteiger partial charge in [-0.15, -0.1) is 0 Å². The number of carbonyl (C=O) groups is 1. The zero-order chi connectivity index (χ0) is 22.7. The van der Waals surface area contributed by atoms with Gasteiger partial charge in [-0.2, -0.15) is 0 Å². The second-order valence-electron chi connectivity index (χ2n) is 9.02. The first kappa shape index (κ1) is 22.6. The molecule has 0 spiro atoms. The SMILES string of the molecule is CC(C(=O)Nc1ccc(C2CCCCC2)cn1)N1CCC(F)(F)C(c2ccc(=O)[nH]c2)C1. The van der Waals surface area contributed by atoms with Gasteiger partial charge in [0.1, 0.15) is 5.82 Å². The van der Waals surface area contributed by atoms with Crippen LogP contribution in [0.2, 0.25) is 0 Å². The Hall–Kier alpha value is -2.61. The Morgan fingerprint density at radius 3 is 2.59 bits per heavy atom. The molecule has 2 atom stereocenters. The molecule has 2 unspecified atom stereocenters. The van der Waals surface area contributed by atoms with E-state index in [1.54, 1.807) is 11.8 Å². The third kappa shape index (κ3) is 5.06. The number of piperidine rings is 1. The second-order valence-corrected chi connectivity index (χ2v) is 9.02. The summed E-state index contributed by atoms with van der Waals surface area (Å²) in [4.78, 5) is 32.8. The van der Waals surface area contributed by atoms with Gasteiger partial charge in [0.15, 0.2) is 0 Å². The number of nitrogens with zero attached hydrogens (tertiary/aromatic N) is 2. The Labute approximate surface area is 186 Å². The van der Waals surface area contributed by atoms with E-state index in [0.29, 0.717) is 17.3 Å². The van der Waals surface area contributed by atoms with Crippen LogP contribution < -0.4 is 10.9 Å². The van der Waals surface area contributed by atoms with E-state index < -0.39 is 17.9 Å². The van der Waals surface area contributed by atoms with Crippen molar-refractivity contribution in [2.24, 2.45) is 0 Å². The van der Waals surface area contributed by atoms with Crippen molar-refractivity contribution >= 4 is 11.7 Å². The van der Waals surface area contributed by atoms with Crippen LogP contribution >= 0.6 is 0 Å². The summed E-state index contributed by atoms with van der Waals surface area (Å²) in [7, 11) is 0. The molecule has 3 heterocycles. The number of rotatable bonds is 5. The van der Waals surface area contributed by atoms with Gasteiger partial charge in [-0.25, -0.2) is 13.8 Å². The Balaban J connectivity index is 1.39. The van der Waals surface area contributed by atoms with Crippen LogP contribution in [0.5, 0.6) is 0 Å². The number of anilines is 1. The molecule has 32 heavy (non-hydrogen) atoms. The van der Waals surface area contributed by atoms with Crippen LogP contribution in [0, 0.1) is 0 Å². The number of carbonyl (C=O) groups excluding carboxylic acids is 1. The van der Waals surface area contributed by atoms with Crippen molar-refractivity contribution < 1.29 is 13.6 Å². The number of H-pyrrole nitrogens is 1. The minimum atomic E-state index is -2.90. The molecule has 0 aromatic carbocycles. The van der Waals surface area contributed by atoms with Crippen molar-refractivity contribution in [2.75, 3.05) is 18.4 Å². The molecule has 172 valence electrons. The van der Waals surface area contributed by atoms with E-state index >= 15 is 0 Å². The van der Waals surface area contributed by atoms with Crippen molar-refractivity contribution in [3.05, 3.63) is 58.1 Å². The molecule has 1 saturated heterocycles. The summed E-state index contributed by atoms with van der Waals surface area (Å²) in [5, 5.41) is 2.83. The molecule has 1 aliphatic heterocycles. The van der Waals surface area contributed by atoms with Crippen molar-refractivity contribution in [2.45, 2.75) is 69.2 Å². The first-order chi connectivity index (χ1) is 15.3. The fourth-order valence-corrected chi connectivity index (χ4v) is 4.82. The number of likely N-dealkylation sites (tertiary alicyclic amines) is 1. The molecule has 2 aliphatic rings. The standard InChI is InChI=1S/C24H30F2N4O2/c1-16(23(32)29-21-9-7-18(13-27-21)17-5-3-2-4-6-17)30-12-11-24(25,26)20(15-30)19-8-10-22(31)28-14-19/h7-10,13-14,16-17,20H,2-6,11-12,15H2,1H3,(H,28,31)(H,27,29,32). The Kier molecular flexibility index (Phi) is 6.69. The fourth-order valence-electron chi connectivity index (χ4n) is 4.82. The summed E-state index contributed by atoms with van der Waals surface area (Å²) in [6, 6.07) is 5.95. The summed E-state index contributed by atoms with van der Waals surface area (Å²) in [6.45, 7) is 1.87. The molecular formula is C24H30F2N4O2. The number of hydrogen-bond acceptors (Lipinski definition) is 4. The van der Waals surface area contributed by atoms with Crippen molar-refractivity contribution in [1.29, 1.82) is 0 Å². The van der Waals surface area contributed by atoms with Crippen LogP contribution in [0.3, 0.4) is 0 Å². The summed E-state index contributed by atoms with van der Waals surface area (Å²) >= 11 is 0. The maximum Gasteiger partial charge on any atom is 0.257 e. The summed E-state index contributed by atoms with van der Waals surface area (Å²) in [5.41, 5.74) is 1.24. The number of nitrogens with one attached hydrogen (secondary N) is 2. The van der Waals surface area contributed by atoms with Crippen LogP contribution in [0.15, 0.2) is 41.5 Å². The zero-order valence-corrected chi connectivity index (χ0v) is 18.3. The topological polar surface area (TPSA) is 78.1 Å². The maximum absolute atomic E-state index is 14.6. The normalized spacial score (nSPS) is 22.9. The Bertz CT molecular complexity index is 966. The molecule has 2 aromatic rings. The molecular weight excluding hydrogens is 414 g/mol. The van der Waals surface area contributed by atoms with Gasteiger partial charge in [-0.05, 0) is 42.9 Å². The van der Waals surface area contributed by atoms with Gasteiger partial charge in [0.25, 0.3) is 5.92 Å². The average molecular weight is 445 g/mol. The fraction of sp³-hybridized carbons (Fsp3) is 0.542. The minimum absolute atomic E-state index is 0.0294. The lowest BCUT2D eigenvalue weighted by atomic mass is 9.85. The number of aromatic nitrogens is 2. The van der Waals surface area contributed by atoms with Gasteiger partial charge in [0, 0.05) is 38.0 Å². The largest absolute Gasteiger partial charge is 0.329 e. The lowest BCUT2D eigenvalue weighted by Crippen LogP contribution is -2.52. The zero-order valence-electron chi connectivity index (χ0n) is 18.3. The van der Waals surface area contributed by atoms with Crippen molar-refractivity contribution in [3.8, 4) is 0 Å². The maximum atomic E-state index is 14.6. The van der Waals surface area contributed by atoms with Gasteiger partial charge >= 0.3 is 0 Å². The summed E-state index contributed by atoms with van der Waals surface area (Å²) < 4.78 is 29.2. The van der Waals surface area contributed by atoms with E-state index in [1.165, 1.54) is 56.0 Å². The molecule has 4 rings (SSSR count). The predicted octanol–water partition coefficient (Wildman–Crippen LogP) is 4.27. The Morgan fingerprint density at radius 1 is 1.19 bits per heavy atom. The minimum Gasteiger partial charge on any atom is -0.329 e. The number of hydrogen-bond donors (Lipinski definition) is 2. The van der Waals surface area contributed by atoms with E-state index in [9.17, 15) is 18.4 Å². The molecule has 2 aromatic heterocycles. The van der Waals surface area contributed by atoms with Gasteiger partial charge in [0.2, 0.25) is 11.5 Å². The number of aromatic amines is 1. The van der Waals surface area contributed by atoms with Crippen LogP contribution in [0.4, 0.5) is 14.6 Å². The van der Waals surface area contributed by atoms with Crippen LogP contribution in [-0.4, -0.2) is 45.8 Å².